The molecule has 5 N–H and O–H groups in total. The van der Waals surface area contributed by atoms with E-state index in [1.807, 2.05) is 134 Å². The van der Waals surface area contributed by atoms with Gasteiger partial charge in [0.2, 0.25) is 0 Å². The molecule has 0 radical (unpaired) electrons. The summed E-state index contributed by atoms with van der Waals surface area (Å²) in [5, 5.41) is 11.9. The molecule has 10 aromatic heterocycles. The minimum absolute atomic E-state index is 0. The van der Waals surface area contributed by atoms with Gasteiger partial charge in [-0.2, -0.15) is 0 Å². The molecule has 10 aromatic carbocycles. The van der Waals surface area contributed by atoms with Crippen LogP contribution in [0.5, 0.6) is 0 Å². The Bertz CT molecular complexity index is 6890. The van der Waals surface area contributed by atoms with Crippen molar-refractivity contribution in [3.05, 3.63) is 328 Å². The third-order valence-electron chi connectivity index (χ3n) is 19.5. The number of nitrogens with zero attached hydrogens (tertiary/aromatic N) is 5. The maximum absolute atomic E-state index is 13.4. The number of nitrogens with one attached hydrogen (secondary N) is 5. The quantitative estimate of drug-likeness (QED) is 0.109. The van der Waals surface area contributed by atoms with Gasteiger partial charge in [-0.25, -0.2) is 29.3 Å². The van der Waals surface area contributed by atoms with E-state index >= 15 is 0 Å². The van der Waals surface area contributed by atoms with Gasteiger partial charge in [0.15, 0.2) is 0 Å². The molecule has 0 spiro atoms. The van der Waals surface area contributed by atoms with E-state index in [0.717, 1.165) is 137 Å². The Kier molecular flexibility index (Phi) is 19.6. The van der Waals surface area contributed by atoms with Crippen molar-refractivity contribution in [3.63, 3.8) is 0 Å². The highest BCUT2D eigenvalue weighted by Crippen LogP contribution is 2.37. The summed E-state index contributed by atoms with van der Waals surface area (Å²) in [6.07, 6.45) is 21.1. The molecule has 0 fully saturated rings. The van der Waals surface area contributed by atoms with Crippen molar-refractivity contribution in [2.45, 2.75) is 27.7 Å². The zero-order chi connectivity index (χ0) is 72.5. The number of benzene rings is 10. The Hall–Kier alpha value is -12.9. The molecule has 0 saturated carbocycles. The fourth-order valence-corrected chi connectivity index (χ4v) is 14.6. The third-order valence-corrected chi connectivity index (χ3v) is 20.5. The van der Waals surface area contributed by atoms with Gasteiger partial charge in [0.05, 0.1) is 72.1 Å². The highest BCUT2D eigenvalue weighted by Gasteiger charge is 2.17. The number of hydrogen-bond acceptors (Lipinski definition) is 5. The van der Waals surface area contributed by atoms with Gasteiger partial charge in [-0.15, -0.1) is 25.3 Å². The van der Waals surface area contributed by atoms with E-state index in [1.54, 1.807) is 6.07 Å². The number of terminal acetylenes is 2. The van der Waals surface area contributed by atoms with Crippen molar-refractivity contribution in [2.24, 2.45) is 0 Å². The van der Waals surface area contributed by atoms with Crippen LogP contribution >= 0.6 is 39.9 Å². The Morgan fingerprint density at radius 2 is 0.794 bits per heavy atom. The lowest BCUT2D eigenvalue weighted by atomic mass is 10.0. The van der Waals surface area contributed by atoms with E-state index in [4.69, 9.17) is 44.4 Å². The molecule has 10 heterocycles. The van der Waals surface area contributed by atoms with Gasteiger partial charge in [0, 0.05) is 151 Å². The monoisotopic (exact) mass is 1490 g/mol. The standard InChI is InChI=1S/C19H15BrN2.C19H11ClN2.C19H11FN2.2C18H14N2.ClH/c1-11-6-8-14-15(10-21-18(14)12(11)2)17-9-7-13-4-3-5-16(20)19(13)22-17;1-2-12-5-3-7-14-15(11-21-18(12)14)17-10-9-13-6-4-8-16(20)19(13)22-17;1-2-12-4-3-5-15-16(11-21-19(12)15)17-9-7-13-6-8-14(20)10-18(13)22-17;1-12-10-18(20-17-9-5-2-6-13(12)17)15-11-19-16-8-4-3-7-14(15)16;1-12-5-4-7-14-15(11-19-18(12)14)17-10-9-13-6-2-3-8-16(13)20-17;/h3-10,21H,1-2H3;2*1,3-11,21H;2*2-11,19H,1H3;1H. The largest absolute Gasteiger partial charge is 0.360 e. The Labute approximate surface area is 635 Å². The van der Waals surface area contributed by atoms with Gasteiger partial charge in [0.25, 0.3) is 0 Å². The average Bonchev–Trinajstić information content (AvgIpc) is 1.69. The fraction of sp³-hybridized carbons (Fsp3) is 0.0430. The number of H-pyrrole nitrogens is 5. The van der Waals surface area contributed by atoms with Crippen LogP contribution in [0, 0.1) is 58.2 Å². The van der Waals surface area contributed by atoms with Crippen molar-refractivity contribution in [3.8, 4) is 81.0 Å². The Morgan fingerprint density at radius 1 is 0.346 bits per heavy atom. The molecule has 516 valence electrons. The number of aryl methyl sites for hydroxylation is 4. The minimum Gasteiger partial charge on any atom is -0.360 e. The van der Waals surface area contributed by atoms with Gasteiger partial charge in [-0.1, -0.05) is 181 Å². The lowest BCUT2D eigenvalue weighted by Crippen LogP contribution is -1.87. The van der Waals surface area contributed by atoms with Crippen molar-refractivity contribution in [1.29, 1.82) is 0 Å². The normalized spacial score (nSPS) is 11.0. The van der Waals surface area contributed by atoms with Crippen LogP contribution in [-0.2, 0) is 0 Å². The highest BCUT2D eigenvalue weighted by atomic mass is 79.9. The molecule has 0 aliphatic heterocycles. The Morgan fingerprint density at radius 3 is 1.46 bits per heavy atom. The number of fused-ring (bicyclic) bond motifs is 10. The fourth-order valence-electron chi connectivity index (χ4n) is 13.9. The summed E-state index contributed by atoms with van der Waals surface area (Å²) >= 11 is 9.85. The first kappa shape index (κ1) is 69.8. The maximum atomic E-state index is 13.4. The van der Waals surface area contributed by atoms with Crippen molar-refractivity contribution in [2.75, 3.05) is 0 Å². The van der Waals surface area contributed by atoms with Crippen LogP contribution in [0.15, 0.2) is 284 Å². The molecule has 14 heteroatoms. The van der Waals surface area contributed by atoms with Gasteiger partial charge in [0.1, 0.15) is 5.82 Å². The second kappa shape index (κ2) is 30.0. The van der Waals surface area contributed by atoms with Crippen LogP contribution in [0.25, 0.3) is 165 Å². The molecule has 10 nitrogen and oxygen atoms in total. The molecule has 0 unspecified atom stereocenters. The second-order valence-electron chi connectivity index (χ2n) is 26.0. The summed E-state index contributed by atoms with van der Waals surface area (Å²) < 4.78 is 14.4. The smallest absolute Gasteiger partial charge is 0.125 e. The summed E-state index contributed by atoms with van der Waals surface area (Å²) in [5.74, 6) is 5.08. The van der Waals surface area contributed by atoms with Gasteiger partial charge < -0.3 is 24.9 Å². The number of hydrogen-bond donors (Lipinski definition) is 5. The predicted molar refractivity (Wildman–Crippen MR) is 450 cm³/mol. The van der Waals surface area contributed by atoms with Gasteiger partial charge in [-0.05, 0) is 151 Å². The van der Waals surface area contributed by atoms with Crippen LogP contribution in [0.3, 0.4) is 0 Å². The molecular weight excluding hydrogens is 1430 g/mol. The van der Waals surface area contributed by atoms with Gasteiger partial charge >= 0.3 is 0 Å². The summed E-state index contributed by atoms with van der Waals surface area (Å²) in [6, 6.07) is 82.3. The summed E-state index contributed by atoms with van der Waals surface area (Å²) in [7, 11) is 0. The minimum atomic E-state index is -0.286. The molecule has 0 aliphatic rings. The van der Waals surface area contributed by atoms with E-state index in [0.29, 0.717) is 10.5 Å². The first-order chi connectivity index (χ1) is 51.8. The number of pyridine rings is 5. The number of halogens is 4. The first-order valence-corrected chi connectivity index (χ1v) is 35.8. The maximum Gasteiger partial charge on any atom is 0.125 e. The molecular formula is C93H66BrCl2FN10. The molecule has 0 amide bonds. The number of aromatic amines is 5. The lowest BCUT2D eigenvalue weighted by Gasteiger charge is -2.05. The van der Waals surface area contributed by atoms with E-state index < -0.39 is 0 Å². The van der Waals surface area contributed by atoms with Crippen molar-refractivity contribution >= 4 is 149 Å². The van der Waals surface area contributed by atoms with Crippen molar-refractivity contribution in [1.82, 2.24) is 49.8 Å². The number of rotatable bonds is 5. The molecule has 0 bridgehead atoms. The van der Waals surface area contributed by atoms with E-state index in [2.05, 4.69) is 213 Å². The number of aromatic nitrogens is 10. The van der Waals surface area contributed by atoms with E-state index in [-0.39, 0.29) is 18.2 Å². The van der Waals surface area contributed by atoms with E-state index in [9.17, 15) is 4.39 Å². The highest BCUT2D eigenvalue weighted by molar-refractivity contribution is 9.10. The summed E-state index contributed by atoms with van der Waals surface area (Å²) in [4.78, 5) is 40.3. The van der Waals surface area contributed by atoms with Gasteiger partial charge in [-0.3, -0.25) is 0 Å². The van der Waals surface area contributed by atoms with Crippen LogP contribution in [0.1, 0.15) is 33.4 Å². The first-order valence-electron chi connectivity index (χ1n) is 34.6. The second-order valence-corrected chi connectivity index (χ2v) is 27.3. The average molecular weight is 1490 g/mol. The molecule has 20 aromatic rings. The van der Waals surface area contributed by atoms with Crippen LogP contribution in [0.4, 0.5) is 4.39 Å². The predicted octanol–water partition coefficient (Wildman–Crippen LogP) is 25.1. The van der Waals surface area contributed by atoms with E-state index in [1.165, 1.54) is 72.4 Å². The third kappa shape index (κ3) is 13.7. The van der Waals surface area contributed by atoms with Crippen LogP contribution < -0.4 is 0 Å². The molecule has 0 saturated heterocycles. The molecule has 107 heavy (non-hydrogen) atoms. The Balaban J connectivity index is 0.000000107. The van der Waals surface area contributed by atoms with Crippen LogP contribution in [0.2, 0.25) is 5.02 Å². The zero-order valence-corrected chi connectivity index (χ0v) is 61.6. The molecule has 20 rings (SSSR count). The lowest BCUT2D eigenvalue weighted by molar-refractivity contribution is 0.629. The van der Waals surface area contributed by atoms with Crippen molar-refractivity contribution < 1.29 is 4.39 Å². The zero-order valence-electron chi connectivity index (χ0n) is 58.5. The summed E-state index contributed by atoms with van der Waals surface area (Å²) in [6.45, 7) is 8.56. The molecule has 0 aliphatic carbocycles. The van der Waals surface area contributed by atoms with Crippen LogP contribution in [-0.4, -0.2) is 49.8 Å². The summed E-state index contributed by atoms with van der Waals surface area (Å²) in [5.41, 5.74) is 26.9. The molecule has 0 atom stereocenters. The topological polar surface area (TPSA) is 143 Å². The number of para-hydroxylation sites is 8. The SMILES string of the molecule is C#Cc1cccc2c(-c3ccc4ccc(F)cc4n3)c[nH]c12.C#Cc1cccc2c(-c3ccc4cccc(Cl)c4n3)c[nH]c12.Cc1cc(-c2c[nH]c3ccccc23)nc2ccccc12.Cc1ccc2c(-c3ccc4cccc(Br)c4n3)c[nH]c2c1C.Cc1cccc2c(-c3ccc4ccccc4n3)c[nH]c12.Cl.